The second-order valence-electron chi connectivity index (χ2n) is 4.54. The first-order chi connectivity index (χ1) is 7.69. The van der Waals surface area contributed by atoms with Crippen molar-refractivity contribution >= 4 is 5.84 Å². The summed E-state index contributed by atoms with van der Waals surface area (Å²) < 4.78 is 0. The molecule has 0 aromatic rings. The van der Waals surface area contributed by atoms with E-state index in [2.05, 4.69) is 17.0 Å². The van der Waals surface area contributed by atoms with Gasteiger partial charge >= 0.3 is 0 Å². The molecule has 94 valence electrons. The summed E-state index contributed by atoms with van der Waals surface area (Å²) in [5, 5.41) is 20.6. The first kappa shape index (κ1) is 13.3. The van der Waals surface area contributed by atoms with Gasteiger partial charge in [-0.05, 0) is 32.7 Å². The van der Waals surface area contributed by atoms with Gasteiger partial charge in [0.2, 0.25) is 0 Å². The molecule has 4 N–H and O–H groups in total. The van der Waals surface area contributed by atoms with Gasteiger partial charge in [-0.2, -0.15) is 0 Å². The molecule has 1 fully saturated rings. The predicted octanol–water partition coefficient (Wildman–Crippen LogP) is 0.748. The summed E-state index contributed by atoms with van der Waals surface area (Å²) in [4.78, 5) is 2.37. The van der Waals surface area contributed by atoms with Crippen molar-refractivity contribution in [2.24, 2.45) is 10.9 Å². The van der Waals surface area contributed by atoms with Crippen LogP contribution in [-0.2, 0) is 0 Å². The maximum Gasteiger partial charge on any atom is 0.140 e. The molecular formula is C11H23N3O2. The molecule has 1 saturated heterocycles. The summed E-state index contributed by atoms with van der Waals surface area (Å²) >= 11 is 0. The zero-order valence-corrected chi connectivity index (χ0v) is 9.97. The van der Waals surface area contributed by atoms with E-state index in [9.17, 15) is 0 Å². The second kappa shape index (κ2) is 6.70. The summed E-state index contributed by atoms with van der Waals surface area (Å²) in [6.07, 6.45) is 4.97. The molecule has 0 bridgehead atoms. The van der Waals surface area contributed by atoms with E-state index in [-0.39, 0.29) is 18.5 Å². The summed E-state index contributed by atoms with van der Waals surface area (Å²) in [7, 11) is 0. The lowest BCUT2D eigenvalue weighted by Gasteiger charge is -2.39. The molecule has 1 aliphatic rings. The number of aliphatic hydroxyl groups is 1. The minimum absolute atomic E-state index is 0.234. The molecule has 0 saturated carbocycles. The van der Waals surface area contributed by atoms with E-state index >= 15 is 0 Å². The molecule has 5 heteroatoms. The van der Waals surface area contributed by atoms with Crippen LogP contribution in [-0.4, -0.2) is 46.3 Å². The Hall–Kier alpha value is -0.810. The highest BCUT2D eigenvalue weighted by atomic mass is 16.4. The number of hydrogen-bond acceptors (Lipinski definition) is 4. The number of nitrogens with two attached hydrogens (primary N) is 1. The van der Waals surface area contributed by atoms with Gasteiger partial charge in [-0.3, -0.25) is 4.90 Å². The Balaban J connectivity index is 2.52. The molecule has 0 radical (unpaired) electrons. The number of oxime groups is 1. The minimum atomic E-state index is 0.234. The molecule has 0 aromatic carbocycles. The summed E-state index contributed by atoms with van der Waals surface area (Å²) in [5.41, 5.74) is 5.52. The quantitative estimate of drug-likeness (QED) is 0.281. The van der Waals surface area contributed by atoms with Crippen LogP contribution in [0.1, 0.15) is 39.0 Å². The van der Waals surface area contributed by atoms with Crippen LogP contribution in [0, 0.1) is 0 Å². The van der Waals surface area contributed by atoms with E-state index in [0.29, 0.717) is 12.5 Å². The molecule has 5 nitrogen and oxygen atoms in total. The van der Waals surface area contributed by atoms with E-state index in [1.165, 1.54) is 12.8 Å². The van der Waals surface area contributed by atoms with Crippen molar-refractivity contribution in [3.63, 3.8) is 0 Å². The lowest BCUT2D eigenvalue weighted by molar-refractivity contribution is 0.0851. The van der Waals surface area contributed by atoms with Crippen molar-refractivity contribution < 1.29 is 10.3 Å². The van der Waals surface area contributed by atoms with Crippen LogP contribution < -0.4 is 5.73 Å². The number of likely N-dealkylation sites (tertiary alicyclic amines) is 1. The molecule has 0 aromatic heterocycles. The Morgan fingerprint density at radius 3 is 2.94 bits per heavy atom. The molecule has 16 heavy (non-hydrogen) atoms. The third-order valence-electron chi connectivity index (χ3n) is 3.33. The first-order valence-corrected chi connectivity index (χ1v) is 6.02. The van der Waals surface area contributed by atoms with Gasteiger partial charge in [0.1, 0.15) is 5.84 Å². The van der Waals surface area contributed by atoms with Crippen LogP contribution in [0.5, 0.6) is 0 Å². The summed E-state index contributed by atoms with van der Waals surface area (Å²) in [6.45, 7) is 3.37. The van der Waals surface area contributed by atoms with Gasteiger partial charge in [-0.15, -0.1) is 0 Å². The van der Waals surface area contributed by atoms with E-state index in [4.69, 9.17) is 16.0 Å². The van der Waals surface area contributed by atoms with Gasteiger partial charge in [0.25, 0.3) is 0 Å². The maximum absolute atomic E-state index is 9.03. The standard InChI is InChI=1S/C11H23N3O2/c1-9(8-11(12)13-16)14-6-3-2-4-10(14)5-7-15/h9-10,15-16H,2-8H2,1H3,(H2,12,13). The molecule has 2 atom stereocenters. The maximum atomic E-state index is 9.03. The lowest BCUT2D eigenvalue weighted by atomic mass is 9.97. The van der Waals surface area contributed by atoms with Crippen molar-refractivity contribution in [1.29, 1.82) is 0 Å². The molecule has 2 unspecified atom stereocenters. The van der Waals surface area contributed by atoms with E-state index in [1.54, 1.807) is 0 Å². The zero-order valence-electron chi connectivity index (χ0n) is 9.97. The van der Waals surface area contributed by atoms with Crippen molar-refractivity contribution in [3.05, 3.63) is 0 Å². The van der Waals surface area contributed by atoms with E-state index < -0.39 is 0 Å². The van der Waals surface area contributed by atoms with Gasteiger partial charge in [0.05, 0.1) is 0 Å². The number of hydrogen-bond donors (Lipinski definition) is 3. The zero-order chi connectivity index (χ0) is 12.0. The molecule has 0 aliphatic carbocycles. The number of amidine groups is 1. The highest BCUT2D eigenvalue weighted by molar-refractivity contribution is 5.80. The highest BCUT2D eigenvalue weighted by Gasteiger charge is 2.26. The normalized spacial score (nSPS) is 25.6. The van der Waals surface area contributed by atoms with Crippen molar-refractivity contribution in [2.45, 2.75) is 51.1 Å². The molecular weight excluding hydrogens is 206 g/mol. The second-order valence-corrected chi connectivity index (χ2v) is 4.54. The first-order valence-electron chi connectivity index (χ1n) is 6.02. The Labute approximate surface area is 96.9 Å². The lowest BCUT2D eigenvalue weighted by Crippen LogP contribution is -2.46. The Kier molecular flexibility index (Phi) is 5.55. The van der Waals surface area contributed by atoms with Crippen LogP contribution in [0.25, 0.3) is 0 Å². The monoisotopic (exact) mass is 229 g/mol. The summed E-state index contributed by atoms with van der Waals surface area (Å²) in [5.74, 6) is 0.279. The smallest absolute Gasteiger partial charge is 0.140 e. The van der Waals surface area contributed by atoms with Gasteiger partial charge < -0.3 is 16.0 Å². The fourth-order valence-electron chi connectivity index (χ4n) is 2.52. The number of rotatable bonds is 5. The van der Waals surface area contributed by atoms with Gasteiger partial charge in [-0.1, -0.05) is 11.6 Å². The Bertz CT molecular complexity index is 231. The number of piperidine rings is 1. The number of nitrogens with zero attached hydrogens (tertiary/aromatic N) is 2. The van der Waals surface area contributed by atoms with Crippen LogP contribution in [0.2, 0.25) is 0 Å². The largest absolute Gasteiger partial charge is 0.409 e. The average Bonchev–Trinajstić information content (AvgIpc) is 2.30. The molecule has 0 amide bonds. The van der Waals surface area contributed by atoms with Gasteiger partial charge in [0.15, 0.2) is 0 Å². The minimum Gasteiger partial charge on any atom is -0.409 e. The van der Waals surface area contributed by atoms with Crippen LogP contribution in [0.4, 0.5) is 0 Å². The van der Waals surface area contributed by atoms with Gasteiger partial charge in [0, 0.05) is 25.1 Å². The highest BCUT2D eigenvalue weighted by Crippen LogP contribution is 2.22. The molecule has 1 heterocycles. The van der Waals surface area contributed by atoms with Gasteiger partial charge in [-0.25, -0.2) is 0 Å². The number of aliphatic hydroxyl groups excluding tert-OH is 1. The third kappa shape index (κ3) is 3.64. The predicted molar refractivity (Wildman–Crippen MR) is 63.5 cm³/mol. The van der Waals surface area contributed by atoms with Crippen LogP contribution in [0.15, 0.2) is 5.16 Å². The molecule has 0 spiro atoms. The van der Waals surface area contributed by atoms with Crippen molar-refractivity contribution in [1.82, 2.24) is 4.90 Å². The molecule has 1 rings (SSSR count). The van der Waals surface area contributed by atoms with E-state index in [1.807, 2.05) is 0 Å². The Morgan fingerprint density at radius 2 is 2.31 bits per heavy atom. The topological polar surface area (TPSA) is 82.1 Å². The van der Waals surface area contributed by atoms with Crippen molar-refractivity contribution in [2.75, 3.05) is 13.2 Å². The van der Waals surface area contributed by atoms with Crippen LogP contribution in [0.3, 0.4) is 0 Å². The fraction of sp³-hybridized carbons (Fsp3) is 0.909. The van der Waals surface area contributed by atoms with E-state index in [0.717, 1.165) is 19.4 Å². The fourth-order valence-corrected chi connectivity index (χ4v) is 2.52. The third-order valence-corrected chi connectivity index (χ3v) is 3.33. The molecule has 1 aliphatic heterocycles. The summed E-state index contributed by atoms with van der Waals surface area (Å²) in [6, 6.07) is 0.716. The average molecular weight is 229 g/mol. The Morgan fingerprint density at radius 1 is 1.56 bits per heavy atom. The SMILES string of the molecule is CC(CC(N)=NO)N1CCCCC1CCO. The van der Waals surface area contributed by atoms with Crippen molar-refractivity contribution in [3.8, 4) is 0 Å². The van der Waals surface area contributed by atoms with Crippen LogP contribution >= 0.6 is 0 Å².